The summed E-state index contributed by atoms with van der Waals surface area (Å²) in [6.07, 6.45) is 1.74. The number of anilines is 2. The molecule has 0 aliphatic carbocycles. The van der Waals surface area contributed by atoms with Crippen molar-refractivity contribution in [1.29, 1.82) is 0 Å². The van der Waals surface area contributed by atoms with Gasteiger partial charge in [0.05, 0.1) is 12.2 Å². The zero-order valence-electron chi connectivity index (χ0n) is 11.0. The lowest BCUT2D eigenvalue weighted by Gasteiger charge is -2.32. The molecule has 0 aromatic heterocycles. The maximum atomic E-state index is 12.4. The summed E-state index contributed by atoms with van der Waals surface area (Å²) < 4.78 is 5.56. The molecule has 0 saturated heterocycles. The van der Waals surface area contributed by atoms with Gasteiger partial charge in [-0.25, -0.2) is 0 Å². The van der Waals surface area contributed by atoms with Crippen LogP contribution in [0.25, 0.3) is 0 Å². The van der Waals surface area contributed by atoms with Gasteiger partial charge < -0.3 is 15.4 Å². The number of hydrogen-bond acceptors (Lipinski definition) is 3. The highest BCUT2D eigenvalue weighted by atomic mass is 16.5. The van der Waals surface area contributed by atoms with Crippen LogP contribution in [0.5, 0.6) is 5.75 Å². The standard InChI is InChI=1S/C14H20N2O2/c1-3-10(4-2)14(17)16-7-8-18-13-9-11(15)5-6-12(13)16/h5-6,9-10H,3-4,7-8,15H2,1-2H3. The summed E-state index contributed by atoms with van der Waals surface area (Å²) in [5.41, 5.74) is 7.23. The third-order valence-electron chi connectivity index (χ3n) is 3.45. The lowest BCUT2D eigenvalue weighted by molar-refractivity contribution is -0.122. The van der Waals surface area contributed by atoms with Gasteiger partial charge in [-0.2, -0.15) is 0 Å². The van der Waals surface area contributed by atoms with E-state index >= 15 is 0 Å². The molecule has 0 radical (unpaired) electrons. The fourth-order valence-corrected chi connectivity index (χ4v) is 2.32. The lowest BCUT2D eigenvalue weighted by atomic mass is 10.0. The highest BCUT2D eigenvalue weighted by Crippen LogP contribution is 2.34. The Kier molecular flexibility index (Phi) is 3.75. The van der Waals surface area contributed by atoms with E-state index < -0.39 is 0 Å². The van der Waals surface area contributed by atoms with E-state index in [-0.39, 0.29) is 11.8 Å². The van der Waals surface area contributed by atoms with Gasteiger partial charge in [0.15, 0.2) is 0 Å². The molecule has 0 atom stereocenters. The molecule has 2 N–H and O–H groups in total. The summed E-state index contributed by atoms with van der Waals surface area (Å²) in [5.74, 6) is 0.989. The van der Waals surface area contributed by atoms with Crippen LogP contribution in [-0.4, -0.2) is 19.1 Å². The molecule has 1 aliphatic heterocycles. The second-order valence-corrected chi connectivity index (χ2v) is 4.58. The summed E-state index contributed by atoms with van der Waals surface area (Å²) >= 11 is 0. The molecule has 1 aliphatic rings. The van der Waals surface area contributed by atoms with E-state index in [9.17, 15) is 4.79 Å². The van der Waals surface area contributed by atoms with Crippen LogP contribution in [-0.2, 0) is 4.79 Å². The van der Waals surface area contributed by atoms with E-state index in [2.05, 4.69) is 13.8 Å². The Hall–Kier alpha value is -1.71. The number of hydrogen-bond donors (Lipinski definition) is 1. The number of ether oxygens (including phenoxy) is 1. The molecule has 0 saturated carbocycles. The minimum Gasteiger partial charge on any atom is -0.489 e. The molecular formula is C14H20N2O2. The number of carbonyl (C=O) groups excluding carboxylic acids is 1. The molecule has 1 amide bonds. The van der Waals surface area contributed by atoms with Crippen molar-refractivity contribution in [3.63, 3.8) is 0 Å². The van der Waals surface area contributed by atoms with Gasteiger partial charge in [-0.15, -0.1) is 0 Å². The molecule has 4 nitrogen and oxygen atoms in total. The molecule has 1 heterocycles. The Morgan fingerprint density at radius 2 is 2.17 bits per heavy atom. The van der Waals surface area contributed by atoms with Crippen LogP contribution in [0.4, 0.5) is 11.4 Å². The summed E-state index contributed by atoms with van der Waals surface area (Å²) in [6.45, 7) is 5.25. The normalized spacial score (nSPS) is 14.3. The quantitative estimate of drug-likeness (QED) is 0.836. The van der Waals surface area contributed by atoms with Crippen LogP contribution < -0.4 is 15.4 Å². The number of amides is 1. The average Bonchev–Trinajstić information content (AvgIpc) is 2.39. The van der Waals surface area contributed by atoms with E-state index in [4.69, 9.17) is 10.5 Å². The zero-order valence-corrected chi connectivity index (χ0v) is 11.0. The second-order valence-electron chi connectivity index (χ2n) is 4.58. The van der Waals surface area contributed by atoms with Crippen LogP contribution >= 0.6 is 0 Å². The molecule has 0 bridgehead atoms. The molecule has 18 heavy (non-hydrogen) atoms. The number of fused-ring (bicyclic) bond motifs is 1. The van der Waals surface area contributed by atoms with Crippen molar-refractivity contribution in [2.24, 2.45) is 5.92 Å². The number of nitrogens with two attached hydrogens (primary N) is 1. The Labute approximate surface area is 108 Å². The monoisotopic (exact) mass is 248 g/mol. The van der Waals surface area contributed by atoms with Gasteiger partial charge in [-0.3, -0.25) is 4.79 Å². The summed E-state index contributed by atoms with van der Waals surface area (Å²) in [5, 5.41) is 0. The Morgan fingerprint density at radius 1 is 1.44 bits per heavy atom. The molecule has 0 spiro atoms. The number of nitrogens with zero attached hydrogens (tertiary/aromatic N) is 1. The van der Waals surface area contributed by atoms with Crippen molar-refractivity contribution in [2.75, 3.05) is 23.8 Å². The molecule has 98 valence electrons. The van der Waals surface area contributed by atoms with E-state index in [0.29, 0.717) is 24.6 Å². The average molecular weight is 248 g/mol. The first-order valence-corrected chi connectivity index (χ1v) is 6.51. The van der Waals surface area contributed by atoms with Gasteiger partial charge in [-0.1, -0.05) is 13.8 Å². The molecule has 1 aromatic rings. The minimum atomic E-state index is 0.0912. The summed E-state index contributed by atoms with van der Waals surface area (Å²) in [4.78, 5) is 14.3. The van der Waals surface area contributed by atoms with Gasteiger partial charge in [0.1, 0.15) is 12.4 Å². The Morgan fingerprint density at radius 3 is 2.83 bits per heavy atom. The summed E-state index contributed by atoms with van der Waals surface area (Å²) in [7, 11) is 0. The first kappa shape index (κ1) is 12.7. The SMILES string of the molecule is CCC(CC)C(=O)N1CCOc2cc(N)ccc21. The third-order valence-corrected chi connectivity index (χ3v) is 3.45. The number of rotatable bonds is 3. The topological polar surface area (TPSA) is 55.6 Å². The van der Waals surface area contributed by atoms with Crippen LogP contribution in [0.3, 0.4) is 0 Å². The largest absolute Gasteiger partial charge is 0.489 e. The number of carbonyl (C=O) groups is 1. The Balaban J connectivity index is 2.30. The Bertz CT molecular complexity index is 441. The first-order chi connectivity index (χ1) is 8.67. The molecule has 1 aromatic carbocycles. The van der Waals surface area contributed by atoms with Crippen LogP contribution in [0.15, 0.2) is 18.2 Å². The van der Waals surface area contributed by atoms with Crippen molar-refractivity contribution in [2.45, 2.75) is 26.7 Å². The van der Waals surface area contributed by atoms with Crippen LogP contribution in [0.2, 0.25) is 0 Å². The number of nitrogen functional groups attached to an aromatic ring is 1. The van der Waals surface area contributed by atoms with Gasteiger partial charge >= 0.3 is 0 Å². The maximum Gasteiger partial charge on any atom is 0.230 e. The van der Waals surface area contributed by atoms with E-state index in [1.807, 2.05) is 11.0 Å². The predicted octanol–water partition coefficient (Wildman–Crippen LogP) is 2.43. The van der Waals surface area contributed by atoms with Crippen LogP contribution in [0.1, 0.15) is 26.7 Å². The predicted molar refractivity (Wildman–Crippen MR) is 72.8 cm³/mol. The van der Waals surface area contributed by atoms with Gasteiger partial charge in [0.2, 0.25) is 5.91 Å². The zero-order chi connectivity index (χ0) is 13.1. The summed E-state index contributed by atoms with van der Waals surface area (Å²) in [6, 6.07) is 5.45. The molecular weight excluding hydrogens is 228 g/mol. The van der Waals surface area contributed by atoms with Gasteiger partial charge in [-0.05, 0) is 25.0 Å². The fourth-order valence-electron chi connectivity index (χ4n) is 2.32. The molecule has 0 unspecified atom stereocenters. The van der Waals surface area contributed by atoms with Crippen molar-refractivity contribution < 1.29 is 9.53 Å². The number of benzene rings is 1. The minimum absolute atomic E-state index is 0.0912. The third kappa shape index (κ3) is 2.28. The van der Waals surface area contributed by atoms with Crippen molar-refractivity contribution in [1.82, 2.24) is 0 Å². The molecule has 0 fully saturated rings. The van der Waals surface area contributed by atoms with Crippen molar-refractivity contribution in [3.05, 3.63) is 18.2 Å². The molecule has 4 heteroatoms. The van der Waals surface area contributed by atoms with E-state index in [1.54, 1.807) is 12.1 Å². The highest BCUT2D eigenvalue weighted by Gasteiger charge is 2.27. The fraction of sp³-hybridized carbons (Fsp3) is 0.500. The maximum absolute atomic E-state index is 12.4. The van der Waals surface area contributed by atoms with E-state index in [1.165, 1.54) is 0 Å². The lowest BCUT2D eigenvalue weighted by Crippen LogP contribution is -2.41. The van der Waals surface area contributed by atoms with E-state index in [0.717, 1.165) is 18.5 Å². The van der Waals surface area contributed by atoms with Gasteiger partial charge in [0.25, 0.3) is 0 Å². The molecule has 2 rings (SSSR count). The smallest absolute Gasteiger partial charge is 0.230 e. The second kappa shape index (κ2) is 5.29. The van der Waals surface area contributed by atoms with Gasteiger partial charge in [0, 0.05) is 17.7 Å². The highest BCUT2D eigenvalue weighted by molar-refractivity contribution is 5.97. The van der Waals surface area contributed by atoms with Crippen molar-refractivity contribution >= 4 is 17.3 Å². The van der Waals surface area contributed by atoms with Crippen molar-refractivity contribution in [3.8, 4) is 5.75 Å². The van der Waals surface area contributed by atoms with Crippen LogP contribution in [0, 0.1) is 5.92 Å². The first-order valence-electron chi connectivity index (χ1n) is 6.51.